The largest absolute Gasteiger partial charge is 0.494 e. The quantitative estimate of drug-likeness (QED) is 0.321. The Bertz CT molecular complexity index is 97.4. The van der Waals surface area contributed by atoms with E-state index in [1.165, 1.54) is 12.8 Å². The predicted octanol–water partition coefficient (Wildman–Crippen LogP) is 1.91. The molecule has 10 heavy (non-hydrogen) atoms. The molecule has 0 spiro atoms. The van der Waals surface area contributed by atoms with Gasteiger partial charge in [-0.1, -0.05) is 13.3 Å². The Kier molecular flexibility index (Phi) is 7.56. The normalized spacial score (nSPS) is 10.1. The first-order valence-corrected chi connectivity index (χ1v) is 3.62. The lowest BCUT2D eigenvalue weighted by Gasteiger charge is -1.90. The highest BCUT2D eigenvalue weighted by atomic mass is 16.5. The van der Waals surface area contributed by atoms with Crippen LogP contribution in [0.4, 0.5) is 0 Å². The van der Waals surface area contributed by atoms with Gasteiger partial charge in [0.15, 0.2) is 6.29 Å². The molecule has 0 amide bonds. The first-order valence-electron chi connectivity index (χ1n) is 3.62. The zero-order valence-electron chi connectivity index (χ0n) is 6.38. The first kappa shape index (κ1) is 9.21. The van der Waals surface area contributed by atoms with Gasteiger partial charge in [-0.25, -0.2) is 0 Å². The summed E-state index contributed by atoms with van der Waals surface area (Å²) >= 11 is 0. The van der Waals surface area contributed by atoms with Gasteiger partial charge in [-0.15, -0.1) is 0 Å². The van der Waals surface area contributed by atoms with E-state index in [2.05, 4.69) is 6.92 Å². The Morgan fingerprint density at radius 1 is 1.50 bits per heavy atom. The molecule has 0 fully saturated rings. The third-order valence-corrected chi connectivity index (χ3v) is 1.08. The highest BCUT2D eigenvalue weighted by Crippen LogP contribution is 1.94. The molecule has 0 N–H and O–H groups in total. The molecule has 0 atom stereocenters. The van der Waals surface area contributed by atoms with Crippen LogP contribution in [0.25, 0.3) is 0 Å². The van der Waals surface area contributed by atoms with Crippen LogP contribution in [-0.4, -0.2) is 12.9 Å². The van der Waals surface area contributed by atoms with Gasteiger partial charge in [0.25, 0.3) is 0 Å². The molecule has 0 radical (unpaired) electrons. The maximum Gasteiger partial charge on any atom is 0.157 e. The molecule has 0 aromatic carbocycles. The molecular formula is C8H14O2. The van der Waals surface area contributed by atoms with E-state index in [4.69, 9.17) is 4.74 Å². The molecule has 0 heterocycles. The van der Waals surface area contributed by atoms with Gasteiger partial charge < -0.3 is 4.74 Å². The van der Waals surface area contributed by atoms with Crippen LogP contribution in [0, 0.1) is 0 Å². The Labute approximate surface area is 61.9 Å². The standard InChI is InChI=1S/C8H14O2/c1-2-3-4-5-7-10-8-6-9/h5-7H,2-4,8H2,1H3. The fourth-order valence-electron chi connectivity index (χ4n) is 0.553. The van der Waals surface area contributed by atoms with Crippen LogP contribution in [0.1, 0.15) is 26.2 Å². The molecular weight excluding hydrogens is 128 g/mol. The van der Waals surface area contributed by atoms with Crippen LogP contribution in [0.2, 0.25) is 0 Å². The van der Waals surface area contributed by atoms with Crippen molar-refractivity contribution in [3.8, 4) is 0 Å². The maximum atomic E-state index is 9.73. The van der Waals surface area contributed by atoms with Crippen LogP contribution < -0.4 is 0 Å². The van der Waals surface area contributed by atoms with E-state index in [-0.39, 0.29) is 6.61 Å². The molecule has 58 valence electrons. The summed E-state index contributed by atoms with van der Waals surface area (Å²) in [5.74, 6) is 0. The Morgan fingerprint density at radius 3 is 2.90 bits per heavy atom. The van der Waals surface area contributed by atoms with Gasteiger partial charge in [0.1, 0.15) is 6.61 Å². The van der Waals surface area contributed by atoms with Gasteiger partial charge in [-0.3, -0.25) is 4.79 Å². The minimum absolute atomic E-state index is 0.169. The molecule has 0 saturated carbocycles. The molecule has 0 aromatic rings. The van der Waals surface area contributed by atoms with Crippen LogP contribution in [-0.2, 0) is 9.53 Å². The molecule has 2 heteroatoms. The zero-order valence-corrected chi connectivity index (χ0v) is 6.38. The second-order valence-corrected chi connectivity index (χ2v) is 2.01. The smallest absolute Gasteiger partial charge is 0.157 e. The van der Waals surface area contributed by atoms with Crippen molar-refractivity contribution in [2.45, 2.75) is 26.2 Å². The summed E-state index contributed by atoms with van der Waals surface area (Å²) in [6.07, 6.45) is 7.68. The minimum atomic E-state index is 0.169. The molecule has 0 aliphatic rings. The molecule has 2 nitrogen and oxygen atoms in total. The first-order chi connectivity index (χ1) is 4.91. The third kappa shape index (κ3) is 7.21. The van der Waals surface area contributed by atoms with E-state index in [0.717, 1.165) is 12.7 Å². The lowest BCUT2D eigenvalue weighted by molar-refractivity contribution is -0.110. The lowest BCUT2D eigenvalue weighted by Crippen LogP contribution is -1.85. The molecule has 0 aliphatic carbocycles. The second-order valence-electron chi connectivity index (χ2n) is 2.01. The Morgan fingerprint density at radius 2 is 2.30 bits per heavy atom. The number of hydrogen-bond acceptors (Lipinski definition) is 2. The fourth-order valence-corrected chi connectivity index (χ4v) is 0.553. The molecule has 0 aliphatic heterocycles. The van der Waals surface area contributed by atoms with Crippen molar-refractivity contribution in [2.24, 2.45) is 0 Å². The highest BCUT2D eigenvalue weighted by Gasteiger charge is 1.77. The average Bonchev–Trinajstić information content (AvgIpc) is 1.97. The van der Waals surface area contributed by atoms with Crippen LogP contribution >= 0.6 is 0 Å². The van der Waals surface area contributed by atoms with E-state index in [0.29, 0.717) is 0 Å². The summed E-state index contributed by atoms with van der Waals surface area (Å²) in [5.41, 5.74) is 0. The number of rotatable bonds is 6. The van der Waals surface area contributed by atoms with Crippen molar-refractivity contribution < 1.29 is 9.53 Å². The van der Waals surface area contributed by atoms with Crippen LogP contribution in [0.15, 0.2) is 12.3 Å². The zero-order chi connectivity index (χ0) is 7.66. The SMILES string of the molecule is CCCCC=COCC=O. The Balaban J connectivity index is 2.96. The van der Waals surface area contributed by atoms with E-state index in [9.17, 15) is 4.79 Å². The van der Waals surface area contributed by atoms with Gasteiger partial charge >= 0.3 is 0 Å². The van der Waals surface area contributed by atoms with Crippen molar-refractivity contribution in [1.82, 2.24) is 0 Å². The van der Waals surface area contributed by atoms with E-state index in [1.807, 2.05) is 6.08 Å². The fraction of sp³-hybridized carbons (Fsp3) is 0.625. The number of unbranched alkanes of at least 4 members (excludes halogenated alkanes) is 2. The number of ether oxygens (including phenoxy) is 1. The van der Waals surface area contributed by atoms with Gasteiger partial charge in [0.2, 0.25) is 0 Å². The van der Waals surface area contributed by atoms with Crippen LogP contribution in [0.3, 0.4) is 0 Å². The maximum absolute atomic E-state index is 9.73. The monoisotopic (exact) mass is 142 g/mol. The molecule has 0 saturated heterocycles. The van der Waals surface area contributed by atoms with Crippen LogP contribution in [0.5, 0.6) is 0 Å². The second kappa shape index (κ2) is 8.21. The summed E-state index contributed by atoms with van der Waals surface area (Å²) in [5, 5.41) is 0. The van der Waals surface area contributed by atoms with Crippen molar-refractivity contribution in [3.05, 3.63) is 12.3 Å². The molecule has 0 bridgehead atoms. The number of hydrogen-bond donors (Lipinski definition) is 0. The highest BCUT2D eigenvalue weighted by molar-refractivity contribution is 5.50. The van der Waals surface area contributed by atoms with E-state index < -0.39 is 0 Å². The van der Waals surface area contributed by atoms with Gasteiger partial charge in [0.05, 0.1) is 6.26 Å². The summed E-state index contributed by atoms with van der Waals surface area (Å²) < 4.78 is 4.78. The summed E-state index contributed by atoms with van der Waals surface area (Å²) in [4.78, 5) is 9.73. The molecule has 0 rings (SSSR count). The van der Waals surface area contributed by atoms with Crippen molar-refractivity contribution in [1.29, 1.82) is 0 Å². The van der Waals surface area contributed by atoms with Gasteiger partial charge in [0, 0.05) is 0 Å². The van der Waals surface area contributed by atoms with Crippen molar-refractivity contribution in [2.75, 3.05) is 6.61 Å². The average molecular weight is 142 g/mol. The third-order valence-electron chi connectivity index (χ3n) is 1.08. The number of carbonyl (C=O) groups excluding carboxylic acids is 1. The number of allylic oxidation sites excluding steroid dienone is 1. The summed E-state index contributed by atoms with van der Waals surface area (Å²) in [6.45, 7) is 2.31. The summed E-state index contributed by atoms with van der Waals surface area (Å²) in [7, 11) is 0. The van der Waals surface area contributed by atoms with Crippen molar-refractivity contribution >= 4 is 6.29 Å². The van der Waals surface area contributed by atoms with E-state index in [1.54, 1.807) is 6.26 Å². The summed E-state index contributed by atoms with van der Waals surface area (Å²) in [6, 6.07) is 0. The lowest BCUT2D eigenvalue weighted by atomic mass is 10.2. The molecule has 0 aromatic heterocycles. The predicted molar refractivity (Wildman–Crippen MR) is 40.7 cm³/mol. The Hall–Kier alpha value is -0.790. The van der Waals surface area contributed by atoms with E-state index >= 15 is 0 Å². The van der Waals surface area contributed by atoms with Gasteiger partial charge in [-0.05, 0) is 18.9 Å². The minimum Gasteiger partial charge on any atom is -0.494 e. The number of aldehydes is 1. The van der Waals surface area contributed by atoms with Gasteiger partial charge in [-0.2, -0.15) is 0 Å². The topological polar surface area (TPSA) is 26.3 Å². The molecule has 0 unspecified atom stereocenters. The number of carbonyl (C=O) groups is 1. The van der Waals surface area contributed by atoms with Crippen molar-refractivity contribution in [3.63, 3.8) is 0 Å².